The van der Waals surface area contributed by atoms with Crippen LogP contribution in [0.4, 0.5) is 0 Å². The molecule has 0 fully saturated rings. The van der Waals surface area contributed by atoms with E-state index >= 15 is 0 Å². The maximum absolute atomic E-state index is 8.97. The molecule has 0 unspecified atom stereocenters. The minimum atomic E-state index is 0.549. The van der Waals surface area contributed by atoms with Gasteiger partial charge in [0.15, 0.2) is 5.16 Å². The Bertz CT molecular complexity index is 398. The molecule has 0 aliphatic carbocycles. The van der Waals surface area contributed by atoms with Crippen molar-refractivity contribution in [2.24, 2.45) is 0 Å². The summed E-state index contributed by atoms with van der Waals surface area (Å²) >= 11 is 3.27. The third kappa shape index (κ3) is 0.970. The predicted molar refractivity (Wildman–Crippen MR) is 39.1 cm³/mol. The SMILES string of the molecule is O[n+]1onc2cc(Br)ccc21. The summed E-state index contributed by atoms with van der Waals surface area (Å²) < 4.78 is 5.37. The molecular weight excluding hydrogens is 212 g/mol. The van der Waals surface area contributed by atoms with Crippen LogP contribution in [0, 0.1) is 0 Å². The first-order valence-corrected chi connectivity index (χ1v) is 3.73. The molecule has 2 rings (SSSR count). The molecule has 1 aromatic heterocycles. The Morgan fingerprint density at radius 3 is 3.18 bits per heavy atom. The van der Waals surface area contributed by atoms with Crippen LogP contribution >= 0.6 is 15.9 Å². The third-order valence-electron chi connectivity index (χ3n) is 1.36. The minimum Gasteiger partial charge on any atom is -0.316 e. The summed E-state index contributed by atoms with van der Waals surface area (Å²) in [4.78, 5) is 0.627. The average Bonchev–Trinajstić information content (AvgIpc) is 2.32. The minimum absolute atomic E-state index is 0.549. The lowest BCUT2D eigenvalue weighted by molar-refractivity contribution is -1.02. The number of benzene rings is 1. The Morgan fingerprint density at radius 1 is 1.55 bits per heavy atom. The van der Waals surface area contributed by atoms with Crippen molar-refractivity contribution in [3.8, 4) is 0 Å². The van der Waals surface area contributed by atoms with Gasteiger partial charge in [-0.3, -0.25) is 0 Å². The molecule has 2 aromatic rings. The van der Waals surface area contributed by atoms with Crippen molar-refractivity contribution in [1.82, 2.24) is 5.16 Å². The summed E-state index contributed by atoms with van der Waals surface area (Å²) in [5.41, 5.74) is 1.16. The lowest BCUT2D eigenvalue weighted by atomic mass is 10.3. The van der Waals surface area contributed by atoms with Gasteiger partial charge in [0.2, 0.25) is 0 Å². The average molecular weight is 216 g/mol. The number of hydrogen-bond donors (Lipinski definition) is 1. The van der Waals surface area contributed by atoms with Crippen molar-refractivity contribution in [1.29, 1.82) is 0 Å². The van der Waals surface area contributed by atoms with E-state index in [4.69, 9.17) is 5.21 Å². The van der Waals surface area contributed by atoms with Crippen molar-refractivity contribution in [2.45, 2.75) is 0 Å². The van der Waals surface area contributed by atoms with E-state index in [-0.39, 0.29) is 0 Å². The molecule has 0 saturated carbocycles. The molecule has 0 spiro atoms. The van der Waals surface area contributed by atoms with Gasteiger partial charge < -0.3 is 5.21 Å². The maximum atomic E-state index is 8.97. The van der Waals surface area contributed by atoms with Crippen molar-refractivity contribution in [3.05, 3.63) is 22.7 Å². The molecule has 1 heterocycles. The molecular formula is C6H4BrN2O2+. The van der Waals surface area contributed by atoms with Crippen molar-refractivity contribution in [3.63, 3.8) is 0 Å². The maximum Gasteiger partial charge on any atom is 0.279 e. The molecule has 11 heavy (non-hydrogen) atoms. The van der Waals surface area contributed by atoms with Crippen LogP contribution in [0.3, 0.4) is 0 Å². The molecule has 0 aliphatic rings. The Hall–Kier alpha value is -1.10. The van der Waals surface area contributed by atoms with E-state index in [1.807, 2.05) is 0 Å². The molecule has 0 atom stereocenters. The largest absolute Gasteiger partial charge is 0.316 e. The quantitative estimate of drug-likeness (QED) is 0.671. The first-order valence-electron chi connectivity index (χ1n) is 2.94. The van der Waals surface area contributed by atoms with E-state index in [0.717, 1.165) is 4.47 Å². The van der Waals surface area contributed by atoms with Gasteiger partial charge in [-0.2, -0.15) is 0 Å². The van der Waals surface area contributed by atoms with Gasteiger partial charge in [0, 0.05) is 10.5 Å². The second kappa shape index (κ2) is 2.20. The van der Waals surface area contributed by atoms with Gasteiger partial charge >= 0.3 is 0 Å². The molecule has 0 radical (unpaired) electrons. The molecule has 0 aliphatic heterocycles. The van der Waals surface area contributed by atoms with E-state index in [2.05, 4.69) is 25.7 Å². The molecule has 0 saturated heterocycles. The smallest absolute Gasteiger partial charge is 0.279 e. The summed E-state index contributed by atoms with van der Waals surface area (Å²) in [5.74, 6) is 0. The molecule has 0 amide bonds. The van der Waals surface area contributed by atoms with E-state index in [1.165, 1.54) is 0 Å². The first kappa shape index (κ1) is 6.60. The fourth-order valence-corrected chi connectivity index (χ4v) is 1.21. The van der Waals surface area contributed by atoms with E-state index < -0.39 is 0 Å². The van der Waals surface area contributed by atoms with Crippen LogP contribution in [0.1, 0.15) is 0 Å². The zero-order chi connectivity index (χ0) is 7.84. The summed E-state index contributed by atoms with van der Waals surface area (Å²) in [5, 5.41) is 12.6. The number of fused-ring (bicyclic) bond motifs is 1. The fraction of sp³-hybridized carbons (Fsp3) is 0. The standard InChI is InChI=1S/C6H4BrN2O2/c7-4-1-2-6-5(3-4)8-11-9(6)10/h1-3,10H/q+1. The molecule has 56 valence electrons. The second-order valence-electron chi connectivity index (χ2n) is 2.08. The van der Waals surface area contributed by atoms with Gasteiger partial charge in [0.25, 0.3) is 11.0 Å². The lowest BCUT2D eigenvalue weighted by Gasteiger charge is -1.81. The summed E-state index contributed by atoms with van der Waals surface area (Å²) in [6.07, 6.45) is 0. The number of nitrogens with zero attached hydrogens (tertiary/aromatic N) is 2. The second-order valence-corrected chi connectivity index (χ2v) is 2.99. The molecule has 1 N–H and O–H groups in total. The lowest BCUT2D eigenvalue weighted by Crippen LogP contribution is -2.26. The van der Waals surface area contributed by atoms with E-state index in [9.17, 15) is 0 Å². The number of rotatable bonds is 0. The number of hydrogen-bond acceptors (Lipinski definition) is 3. The Kier molecular flexibility index (Phi) is 1.32. The first-order chi connectivity index (χ1) is 5.27. The van der Waals surface area contributed by atoms with Gasteiger partial charge in [0.05, 0.1) is 0 Å². The number of halogens is 1. The van der Waals surface area contributed by atoms with Gasteiger partial charge in [-0.1, -0.05) is 15.9 Å². The Labute approximate surface area is 70.1 Å². The molecule has 5 heteroatoms. The van der Waals surface area contributed by atoms with Gasteiger partial charge in [0.1, 0.15) is 4.90 Å². The highest BCUT2D eigenvalue weighted by Gasteiger charge is 2.13. The van der Waals surface area contributed by atoms with Crippen LogP contribution in [0.25, 0.3) is 11.0 Å². The van der Waals surface area contributed by atoms with Crippen LogP contribution in [0.2, 0.25) is 0 Å². The number of aromatic nitrogens is 2. The Balaban J connectivity index is 2.86. The highest BCUT2D eigenvalue weighted by atomic mass is 79.9. The molecule has 1 aromatic carbocycles. The van der Waals surface area contributed by atoms with E-state index in [0.29, 0.717) is 15.9 Å². The van der Waals surface area contributed by atoms with Gasteiger partial charge in [-0.15, -0.1) is 0 Å². The van der Waals surface area contributed by atoms with Crippen LogP contribution in [-0.4, -0.2) is 10.4 Å². The molecule has 4 nitrogen and oxygen atoms in total. The van der Waals surface area contributed by atoms with Crippen LogP contribution < -0.4 is 4.90 Å². The van der Waals surface area contributed by atoms with E-state index in [1.54, 1.807) is 18.2 Å². The highest BCUT2D eigenvalue weighted by Crippen LogP contribution is 2.14. The summed E-state index contributed by atoms with van der Waals surface area (Å²) in [6, 6.07) is 5.26. The van der Waals surface area contributed by atoms with Crippen molar-refractivity contribution in [2.75, 3.05) is 0 Å². The van der Waals surface area contributed by atoms with Crippen LogP contribution in [0.15, 0.2) is 27.3 Å². The predicted octanol–water partition coefficient (Wildman–Crippen LogP) is 1.12. The Morgan fingerprint density at radius 2 is 2.36 bits per heavy atom. The van der Waals surface area contributed by atoms with Crippen LogP contribution in [0.5, 0.6) is 0 Å². The van der Waals surface area contributed by atoms with Gasteiger partial charge in [-0.25, -0.2) is 0 Å². The zero-order valence-electron chi connectivity index (χ0n) is 5.36. The van der Waals surface area contributed by atoms with Crippen molar-refractivity contribution < 1.29 is 14.7 Å². The topological polar surface area (TPSA) is 50.1 Å². The summed E-state index contributed by atoms with van der Waals surface area (Å²) in [6.45, 7) is 0. The third-order valence-corrected chi connectivity index (χ3v) is 1.85. The fourth-order valence-electron chi connectivity index (χ4n) is 0.858. The zero-order valence-corrected chi connectivity index (χ0v) is 6.95. The summed E-state index contributed by atoms with van der Waals surface area (Å²) in [7, 11) is 0. The monoisotopic (exact) mass is 215 g/mol. The van der Waals surface area contributed by atoms with Gasteiger partial charge in [-0.05, 0) is 16.8 Å². The molecule has 0 bridgehead atoms. The highest BCUT2D eigenvalue weighted by molar-refractivity contribution is 9.10. The van der Waals surface area contributed by atoms with Crippen molar-refractivity contribution >= 4 is 27.0 Å². The normalized spacial score (nSPS) is 10.6. The van der Waals surface area contributed by atoms with Crippen LogP contribution in [-0.2, 0) is 0 Å².